The number of hydrogen-bond donors (Lipinski definition) is 3. The molecule has 0 aliphatic rings. The number of nitrogens with two attached hydrogens (primary N) is 3. The van der Waals surface area contributed by atoms with Crippen LogP contribution in [0, 0.1) is 0 Å². The molecule has 226 valence electrons. The molecule has 0 fully saturated rings. The number of halogens is 1. The highest BCUT2D eigenvalue weighted by molar-refractivity contribution is 9.10. The van der Waals surface area contributed by atoms with Gasteiger partial charge in [-0.05, 0) is 53.6 Å². The summed E-state index contributed by atoms with van der Waals surface area (Å²) in [5, 5.41) is 0. The summed E-state index contributed by atoms with van der Waals surface area (Å²) < 4.78 is 0.870. The number of anilines is 3. The second-order valence-electron chi connectivity index (χ2n) is 10.4. The van der Waals surface area contributed by atoms with Crippen LogP contribution in [-0.4, -0.2) is 17.3 Å². The Labute approximate surface area is 275 Å². The van der Waals surface area contributed by atoms with Gasteiger partial charge in [-0.15, -0.1) is 0 Å². The van der Waals surface area contributed by atoms with Crippen molar-refractivity contribution in [3.8, 4) is 11.1 Å². The molecular weight excluding hydrogens is 638 g/mol. The molecule has 0 heterocycles. The monoisotopic (exact) mass is 667 g/mol. The first kappa shape index (κ1) is 31.6. The van der Waals surface area contributed by atoms with Crippen molar-refractivity contribution in [1.82, 2.24) is 0 Å². The summed E-state index contributed by atoms with van der Waals surface area (Å²) in [6.07, 6.45) is 0. The minimum Gasteiger partial charge on any atom is -0.398 e. The van der Waals surface area contributed by atoms with E-state index in [0.29, 0.717) is 50.4 Å². The predicted octanol–water partition coefficient (Wildman–Crippen LogP) is 8.24. The van der Waals surface area contributed by atoms with Crippen molar-refractivity contribution < 1.29 is 14.4 Å². The van der Waals surface area contributed by atoms with E-state index in [4.69, 9.17) is 17.2 Å². The molecule has 0 saturated carbocycles. The summed E-state index contributed by atoms with van der Waals surface area (Å²) >= 11 is 3.31. The number of nitrogen functional groups attached to an aromatic ring is 3. The second kappa shape index (κ2) is 14.3. The van der Waals surface area contributed by atoms with Crippen LogP contribution in [0.3, 0.4) is 0 Å². The van der Waals surface area contributed by atoms with E-state index in [9.17, 15) is 14.4 Å². The number of carbonyl (C=O) groups excluding carboxylic acids is 3. The van der Waals surface area contributed by atoms with Crippen molar-refractivity contribution in [3.63, 3.8) is 0 Å². The molecule has 0 aliphatic heterocycles. The fraction of sp³-hybridized carbons (Fsp3) is 0. The van der Waals surface area contributed by atoms with Crippen molar-refractivity contribution in [1.29, 1.82) is 0 Å². The van der Waals surface area contributed by atoms with Crippen LogP contribution in [0.15, 0.2) is 150 Å². The lowest BCUT2D eigenvalue weighted by Gasteiger charge is -2.11. The topological polar surface area (TPSA) is 129 Å². The fourth-order valence-electron chi connectivity index (χ4n) is 4.84. The maximum atomic E-state index is 12.9. The van der Waals surface area contributed by atoms with Crippen LogP contribution < -0.4 is 17.2 Å². The Bertz CT molecular complexity index is 1930. The lowest BCUT2D eigenvalue weighted by molar-refractivity contribution is 0.103. The van der Waals surface area contributed by atoms with E-state index < -0.39 is 0 Å². The van der Waals surface area contributed by atoms with Crippen molar-refractivity contribution in [2.75, 3.05) is 17.2 Å². The smallest absolute Gasteiger partial charge is 0.195 e. The van der Waals surface area contributed by atoms with Gasteiger partial charge in [0.05, 0.1) is 0 Å². The van der Waals surface area contributed by atoms with Crippen molar-refractivity contribution >= 4 is 50.3 Å². The van der Waals surface area contributed by atoms with Gasteiger partial charge in [-0.2, -0.15) is 0 Å². The Morgan fingerprint density at radius 1 is 0.391 bits per heavy atom. The molecule has 6 aromatic carbocycles. The molecule has 6 N–H and O–H groups in total. The van der Waals surface area contributed by atoms with Gasteiger partial charge >= 0.3 is 0 Å². The van der Waals surface area contributed by atoms with Gasteiger partial charge in [0, 0.05) is 54.9 Å². The van der Waals surface area contributed by atoms with E-state index in [0.717, 1.165) is 15.6 Å². The molecule has 0 amide bonds. The molecule has 0 aliphatic carbocycles. The third kappa shape index (κ3) is 7.29. The number of benzene rings is 6. The summed E-state index contributed by atoms with van der Waals surface area (Å²) in [5.41, 5.74) is 24.0. The van der Waals surface area contributed by atoms with E-state index in [1.165, 1.54) is 0 Å². The van der Waals surface area contributed by atoms with Crippen LogP contribution >= 0.6 is 15.9 Å². The van der Waals surface area contributed by atoms with Crippen LogP contribution in [0.25, 0.3) is 11.1 Å². The van der Waals surface area contributed by atoms with Gasteiger partial charge in [-0.1, -0.05) is 119 Å². The highest BCUT2D eigenvalue weighted by Crippen LogP contribution is 2.29. The lowest BCUT2D eigenvalue weighted by atomic mass is 9.94. The maximum absolute atomic E-state index is 12.9. The van der Waals surface area contributed by atoms with E-state index in [1.807, 2.05) is 72.8 Å². The zero-order valence-electron chi connectivity index (χ0n) is 24.7. The Hall–Kier alpha value is -5.79. The standard InChI is InChI=1S/C26H20N2O2.C13H10BrNO/c27-23-13-11-19(15-21(23)25(29)17-7-3-1-4-8-17)20-12-14-24(28)22(16-20)26(30)18-9-5-2-6-10-18;14-10-6-7-11(12(15)8-10)13(16)9-4-2-1-3-5-9/h1-16H,27-28H2;1-8H,15H2. The van der Waals surface area contributed by atoms with Crippen LogP contribution in [0.1, 0.15) is 47.8 Å². The fourth-order valence-corrected chi connectivity index (χ4v) is 5.22. The Morgan fingerprint density at radius 3 is 1.13 bits per heavy atom. The van der Waals surface area contributed by atoms with Crippen molar-refractivity contribution in [2.24, 2.45) is 0 Å². The molecule has 0 atom stereocenters. The van der Waals surface area contributed by atoms with Gasteiger partial charge in [0.15, 0.2) is 17.3 Å². The van der Waals surface area contributed by atoms with Crippen LogP contribution in [0.5, 0.6) is 0 Å². The number of carbonyl (C=O) groups is 3. The zero-order valence-corrected chi connectivity index (χ0v) is 26.3. The van der Waals surface area contributed by atoms with Gasteiger partial charge in [0.1, 0.15) is 0 Å². The lowest BCUT2D eigenvalue weighted by Crippen LogP contribution is -2.07. The summed E-state index contributed by atoms with van der Waals surface area (Å²) in [4.78, 5) is 37.9. The minimum atomic E-state index is -0.147. The molecule has 46 heavy (non-hydrogen) atoms. The van der Waals surface area contributed by atoms with Crippen LogP contribution in [0.2, 0.25) is 0 Å². The van der Waals surface area contributed by atoms with E-state index in [1.54, 1.807) is 72.8 Å². The van der Waals surface area contributed by atoms with Gasteiger partial charge < -0.3 is 17.2 Å². The molecule has 0 aromatic heterocycles. The van der Waals surface area contributed by atoms with Crippen LogP contribution in [0.4, 0.5) is 17.1 Å². The molecule has 0 radical (unpaired) electrons. The van der Waals surface area contributed by atoms with Crippen molar-refractivity contribution in [3.05, 3.63) is 183 Å². The third-order valence-corrected chi connectivity index (χ3v) is 7.79. The third-order valence-electron chi connectivity index (χ3n) is 7.30. The van der Waals surface area contributed by atoms with Crippen molar-refractivity contribution in [2.45, 2.75) is 0 Å². The molecule has 6 rings (SSSR count). The van der Waals surface area contributed by atoms with Gasteiger partial charge in [-0.3, -0.25) is 14.4 Å². The Balaban J connectivity index is 0.000000219. The number of ketones is 3. The van der Waals surface area contributed by atoms with E-state index in [-0.39, 0.29) is 17.3 Å². The Morgan fingerprint density at radius 2 is 0.761 bits per heavy atom. The first-order valence-electron chi connectivity index (χ1n) is 14.4. The number of rotatable bonds is 7. The first-order valence-corrected chi connectivity index (χ1v) is 15.2. The highest BCUT2D eigenvalue weighted by atomic mass is 79.9. The summed E-state index contributed by atoms with van der Waals surface area (Å²) in [5.74, 6) is -0.345. The molecule has 0 spiro atoms. The largest absolute Gasteiger partial charge is 0.398 e. The van der Waals surface area contributed by atoms with E-state index in [2.05, 4.69) is 15.9 Å². The molecule has 0 unspecified atom stereocenters. The summed E-state index contributed by atoms with van der Waals surface area (Å²) in [7, 11) is 0. The van der Waals surface area contributed by atoms with Crippen LogP contribution in [-0.2, 0) is 0 Å². The SMILES string of the molecule is Nc1cc(Br)ccc1C(=O)c1ccccc1.Nc1ccc(-c2ccc(N)c(C(=O)c3ccccc3)c2)cc1C(=O)c1ccccc1. The molecule has 7 heteroatoms. The van der Waals surface area contributed by atoms with Gasteiger partial charge in [-0.25, -0.2) is 0 Å². The normalized spacial score (nSPS) is 10.4. The zero-order chi connectivity index (χ0) is 32.6. The number of hydrogen-bond acceptors (Lipinski definition) is 6. The quantitative estimate of drug-likeness (QED) is 0.116. The average molecular weight is 669 g/mol. The molecule has 0 bridgehead atoms. The summed E-state index contributed by atoms with van der Waals surface area (Å²) in [6.45, 7) is 0. The molecule has 6 nitrogen and oxygen atoms in total. The first-order chi connectivity index (χ1) is 22.2. The average Bonchev–Trinajstić information content (AvgIpc) is 3.09. The second-order valence-corrected chi connectivity index (χ2v) is 11.3. The molecule has 6 aromatic rings. The summed E-state index contributed by atoms with van der Waals surface area (Å²) in [6, 6.07) is 43.0. The maximum Gasteiger partial charge on any atom is 0.195 e. The minimum absolute atomic E-state index is 0.0504. The van der Waals surface area contributed by atoms with E-state index >= 15 is 0 Å². The van der Waals surface area contributed by atoms with Gasteiger partial charge in [0.2, 0.25) is 0 Å². The molecule has 0 saturated heterocycles. The van der Waals surface area contributed by atoms with Gasteiger partial charge in [0.25, 0.3) is 0 Å². The Kier molecular flexibility index (Phi) is 9.85. The highest BCUT2D eigenvalue weighted by Gasteiger charge is 2.17. The predicted molar refractivity (Wildman–Crippen MR) is 189 cm³/mol. The molecular formula is C39H30BrN3O3.